The number of guanidine groups is 1. The maximum absolute atomic E-state index is 11.2. The summed E-state index contributed by atoms with van der Waals surface area (Å²) in [6, 6.07) is 0. The smallest absolute Gasteiger partial charge is 0.305 e. The molecule has 1 heterocycles. The highest BCUT2D eigenvalue weighted by Crippen LogP contribution is 2.20. The fourth-order valence-electron chi connectivity index (χ4n) is 2.16. The molecule has 0 radical (unpaired) electrons. The molecule has 0 saturated carbocycles. The zero-order chi connectivity index (χ0) is 14.8. The molecule has 0 aromatic carbocycles. The fraction of sp³-hybridized carbons (Fsp3) is 0.857. The van der Waals surface area contributed by atoms with Gasteiger partial charge in [0, 0.05) is 44.1 Å². The van der Waals surface area contributed by atoms with E-state index in [-0.39, 0.29) is 5.97 Å². The molecule has 5 nitrogen and oxygen atoms in total. The number of rotatable bonds is 6. The van der Waals surface area contributed by atoms with Crippen LogP contribution in [0.1, 0.15) is 33.1 Å². The third-order valence-corrected chi connectivity index (χ3v) is 4.62. The number of carbonyl (C=O) groups excluding carboxylic acids is 1. The molecular formula is C14H27N3O2S. The first-order valence-corrected chi connectivity index (χ1v) is 8.48. The van der Waals surface area contributed by atoms with Crippen LogP contribution in [0, 0.1) is 0 Å². The highest BCUT2D eigenvalue weighted by Gasteiger charge is 2.21. The molecule has 116 valence electrons. The van der Waals surface area contributed by atoms with E-state index < -0.39 is 0 Å². The summed E-state index contributed by atoms with van der Waals surface area (Å²) in [6.07, 6.45) is 2.43. The van der Waals surface area contributed by atoms with E-state index in [0.29, 0.717) is 18.3 Å². The lowest BCUT2D eigenvalue weighted by Gasteiger charge is -2.34. The number of esters is 1. The average molecular weight is 301 g/mol. The summed E-state index contributed by atoms with van der Waals surface area (Å²) in [4.78, 5) is 17.9. The number of carbonyl (C=O) groups is 1. The molecule has 0 aromatic rings. The van der Waals surface area contributed by atoms with Crippen molar-refractivity contribution in [2.45, 2.75) is 38.4 Å². The van der Waals surface area contributed by atoms with Crippen LogP contribution in [0.3, 0.4) is 0 Å². The fourth-order valence-corrected chi connectivity index (χ4v) is 3.34. The van der Waals surface area contributed by atoms with Gasteiger partial charge in [-0.05, 0) is 19.8 Å². The van der Waals surface area contributed by atoms with Gasteiger partial charge in [0.2, 0.25) is 0 Å². The molecule has 1 atom stereocenters. The van der Waals surface area contributed by atoms with Gasteiger partial charge in [-0.2, -0.15) is 11.8 Å². The third-order valence-electron chi connectivity index (χ3n) is 3.25. The summed E-state index contributed by atoms with van der Waals surface area (Å²) < 4.78 is 4.91. The van der Waals surface area contributed by atoms with Crippen LogP contribution in [-0.4, -0.2) is 61.1 Å². The molecule has 1 aliphatic rings. The largest absolute Gasteiger partial charge is 0.466 e. The van der Waals surface area contributed by atoms with Crippen molar-refractivity contribution in [1.82, 2.24) is 10.2 Å². The van der Waals surface area contributed by atoms with Gasteiger partial charge in [0.25, 0.3) is 0 Å². The number of ether oxygens (including phenoxy) is 1. The summed E-state index contributed by atoms with van der Waals surface area (Å²) >= 11 is 2.05. The molecule has 0 bridgehead atoms. The number of hydrogen-bond acceptors (Lipinski definition) is 4. The zero-order valence-corrected chi connectivity index (χ0v) is 13.7. The molecular weight excluding hydrogens is 274 g/mol. The van der Waals surface area contributed by atoms with Gasteiger partial charge in [0.05, 0.1) is 6.61 Å². The van der Waals surface area contributed by atoms with Crippen molar-refractivity contribution in [2.75, 3.05) is 39.0 Å². The monoisotopic (exact) mass is 301 g/mol. The summed E-state index contributed by atoms with van der Waals surface area (Å²) in [7, 11) is 1.82. The van der Waals surface area contributed by atoms with E-state index in [0.717, 1.165) is 37.8 Å². The highest BCUT2D eigenvalue weighted by molar-refractivity contribution is 8.00. The minimum atomic E-state index is -0.121. The van der Waals surface area contributed by atoms with Crippen molar-refractivity contribution < 1.29 is 9.53 Å². The number of aliphatic imine (C=N–C) groups is 1. The topological polar surface area (TPSA) is 53.9 Å². The third kappa shape index (κ3) is 6.03. The second-order valence-electron chi connectivity index (χ2n) is 4.73. The first-order valence-electron chi connectivity index (χ1n) is 7.44. The normalized spacial score (nSPS) is 19.9. The van der Waals surface area contributed by atoms with Crippen LogP contribution in [0.25, 0.3) is 0 Å². The van der Waals surface area contributed by atoms with Crippen molar-refractivity contribution in [2.24, 2.45) is 4.99 Å². The first-order chi connectivity index (χ1) is 9.71. The molecule has 0 spiro atoms. The van der Waals surface area contributed by atoms with Crippen molar-refractivity contribution >= 4 is 23.7 Å². The van der Waals surface area contributed by atoms with Gasteiger partial charge in [-0.15, -0.1) is 0 Å². The van der Waals surface area contributed by atoms with Crippen LogP contribution in [-0.2, 0) is 9.53 Å². The zero-order valence-electron chi connectivity index (χ0n) is 12.9. The summed E-state index contributed by atoms with van der Waals surface area (Å²) in [6.45, 7) is 7.37. The van der Waals surface area contributed by atoms with E-state index in [2.05, 4.69) is 22.1 Å². The summed E-state index contributed by atoms with van der Waals surface area (Å²) in [5.41, 5.74) is 0. The summed E-state index contributed by atoms with van der Waals surface area (Å²) in [5, 5.41) is 4.04. The second kappa shape index (κ2) is 9.91. The minimum absolute atomic E-state index is 0.121. The molecule has 1 saturated heterocycles. The Bertz CT molecular complexity index is 324. The maximum atomic E-state index is 11.2. The number of nitrogens with zero attached hydrogens (tertiary/aromatic N) is 2. The van der Waals surface area contributed by atoms with E-state index in [9.17, 15) is 4.79 Å². The Kier molecular flexibility index (Phi) is 8.49. The molecule has 0 aromatic heterocycles. The predicted molar refractivity (Wildman–Crippen MR) is 85.3 cm³/mol. The molecule has 1 N–H and O–H groups in total. The van der Waals surface area contributed by atoms with Gasteiger partial charge in [0.15, 0.2) is 5.96 Å². The van der Waals surface area contributed by atoms with E-state index in [4.69, 9.17) is 4.74 Å². The maximum Gasteiger partial charge on any atom is 0.305 e. The standard InChI is InChI=1S/C14H27N3O2S/c1-4-12-11-17(9-10-20-12)14(15-3)16-8-6-7-13(18)19-5-2/h12H,4-11H2,1-3H3,(H,15,16). The highest BCUT2D eigenvalue weighted by atomic mass is 32.2. The average Bonchev–Trinajstić information content (AvgIpc) is 2.47. The molecule has 6 heteroatoms. The minimum Gasteiger partial charge on any atom is -0.466 e. The van der Waals surface area contributed by atoms with Gasteiger partial charge in [-0.25, -0.2) is 0 Å². The van der Waals surface area contributed by atoms with Crippen LogP contribution in [0.4, 0.5) is 0 Å². The lowest BCUT2D eigenvalue weighted by Crippen LogP contribution is -2.48. The first kappa shape index (κ1) is 17.1. The van der Waals surface area contributed by atoms with Crippen LogP contribution < -0.4 is 5.32 Å². The van der Waals surface area contributed by atoms with Crippen LogP contribution in [0.15, 0.2) is 4.99 Å². The Labute approximate surface area is 126 Å². The van der Waals surface area contributed by atoms with E-state index in [1.807, 2.05) is 25.7 Å². The van der Waals surface area contributed by atoms with E-state index >= 15 is 0 Å². The molecule has 1 rings (SSSR count). The lowest BCUT2D eigenvalue weighted by atomic mass is 10.3. The predicted octanol–water partition coefficient (Wildman–Crippen LogP) is 1.73. The van der Waals surface area contributed by atoms with Crippen molar-refractivity contribution in [1.29, 1.82) is 0 Å². The Morgan fingerprint density at radius 1 is 1.50 bits per heavy atom. The second-order valence-corrected chi connectivity index (χ2v) is 6.14. The van der Waals surface area contributed by atoms with Gasteiger partial charge < -0.3 is 15.0 Å². The van der Waals surface area contributed by atoms with E-state index in [1.165, 1.54) is 6.42 Å². The Hall–Kier alpha value is -0.910. The molecule has 1 aliphatic heterocycles. The molecule has 1 fully saturated rings. The lowest BCUT2D eigenvalue weighted by molar-refractivity contribution is -0.143. The van der Waals surface area contributed by atoms with Gasteiger partial charge in [-0.3, -0.25) is 9.79 Å². The Balaban J connectivity index is 2.27. The molecule has 1 unspecified atom stereocenters. The van der Waals surface area contributed by atoms with Crippen LogP contribution in [0.2, 0.25) is 0 Å². The van der Waals surface area contributed by atoms with E-state index in [1.54, 1.807) is 0 Å². The quantitative estimate of drug-likeness (QED) is 0.350. The van der Waals surface area contributed by atoms with Crippen molar-refractivity contribution in [3.63, 3.8) is 0 Å². The summed E-state index contributed by atoms with van der Waals surface area (Å²) in [5.74, 6) is 1.99. The SMILES string of the molecule is CCOC(=O)CCCNC(=NC)N1CCSC(CC)C1. The van der Waals surface area contributed by atoms with Gasteiger partial charge in [0.1, 0.15) is 0 Å². The number of hydrogen-bond donors (Lipinski definition) is 1. The van der Waals surface area contributed by atoms with Crippen LogP contribution >= 0.6 is 11.8 Å². The van der Waals surface area contributed by atoms with Gasteiger partial charge >= 0.3 is 5.97 Å². The molecule has 20 heavy (non-hydrogen) atoms. The van der Waals surface area contributed by atoms with Crippen LogP contribution in [0.5, 0.6) is 0 Å². The molecule has 0 amide bonds. The van der Waals surface area contributed by atoms with Gasteiger partial charge in [-0.1, -0.05) is 6.92 Å². The number of thioether (sulfide) groups is 1. The van der Waals surface area contributed by atoms with Crippen molar-refractivity contribution in [3.05, 3.63) is 0 Å². The number of nitrogens with one attached hydrogen (secondary N) is 1. The Morgan fingerprint density at radius 2 is 2.30 bits per heavy atom. The molecule has 0 aliphatic carbocycles. The Morgan fingerprint density at radius 3 is 2.95 bits per heavy atom. The van der Waals surface area contributed by atoms with Crippen molar-refractivity contribution in [3.8, 4) is 0 Å².